The maximum Gasteiger partial charge on any atom is 0.257 e. The van der Waals surface area contributed by atoms with Crippen molar-refractivity contribution in [2.24, 2.45) is 0 Å². The van der Waals surface area contributed by atoms with Gasteiger partial charge in [-0.25, -0.2) is 0 Å². The fraction of sp³-hybridized carbons (Fsp3) is 0.500. The van der Waals surface area contributed by atoms with Gasteiger partial charge in [0, 0.05) is 13.2 Å². The molecule has 1 saturated heterocycles. The van der Waals surface area contributed by atoms with Crippen molar-refractivity contribution in [2.75, 3.05) is 19.8 Å². The summed E-state index contributed by atoms with van der Waals surface area (Å²) >= 11 is 0. The zero-order chi connectivity index (χ0) is 12.6. The second kappa shape index (κ2) is 7.01. The number of nitrogens with one attached hydrogen (secondary N) is 1. The Kier molecular flexibility index (Phi) is 5.02. The van der Waals surface area contributed by atoms with Crippen LogP contribution in [0.5, 0.6) is 5.75 Å². The van der Waals surface area contributed by atoms with Crippen molar-refractivity contribution in [3.63, 3.8) is 0 Å². The van der Waals surface area contributed by atoms with Gasteiger partial charge in [0.05, 0.1) is 6.10 Å². The lowest BCUT2D eigenvalue weighted by Crippen LogP contribution is -2.31. The number of rotatable bonds is 6. The summed E-state index contributed by atoms with van der Waals surface area (Å²) < 4.78 is 10.8. The van der Waals surface area contributed by atoms with E-state index in [4.69, 9.17) is 9.47 Å². The van der Waals surface area contributed by atoms with E-state index in [1.807, 2.05) is 30.3 Å². The van der Waals surface area contributed by atoms with Gasteiger partial charge >= 0.3 is 0 Å². The normalized spacial score (nSPS) is 18.6. The molecule has 1 aromatic rings. The van der Waals surface area contributed by atoms with E-state index in [2.05, 4.69) is 5.32 Å². The van der Waals surface area contributed by atoms with E-state index >= 15 is 0 Å². The number of hydrogen-bond donors (Lipinski definition) is 1. The standard InChI is InChI=1S/C14H19NO3/c16-14(11-18-12-5-2-1-3-6-12)15-9-8-13-7-4-10-17-13/h1-3,5-6,13H,4,7-11H2,(H,15,16). The average molecular weight is 249 g/mol. The third-order valence-corrected chi connectivity index (χ3v) is 2.93. The van der Waals surface area contributed by atoms with Crippen molar-refractivity contribution in [1.29, 1.82) is 0 Å². The lowest BCUT2D eigenvalue weighted by Gasteiger charge is -2.10. The minimum atomic E-state index is -0.0862. The van der Waals surface area contributed by atoms with E-state index in [0.717, 1.165) is 25.9 Å². The van der Waals surface area contributed by atoms with Gasteiger partial charge in [0.2, 0.25) is 0 Å². The molecule has 1 atom stereocenters. The number of amides is 1. The van der Waals surface area contributed by atoms with Gasteiger partial charge in [-0.3, -0.25) is 4.79 Å². The summed E-state index contributed by atoms with van der Waals surface area (Å²) in [6, 6.07) is 9.34. The monoisotopic (exact) mass is 249 g/mol. The number of hydrogen-bond acceptors (Lipinski definition) is 3. The number of benzene rings is 1. The second-order valence-corrected chi connectivity index (χ2v) is 4.38. The Balaban J connectivity index is 1.57. The van der Waals surface area contributed by atoms with Crippen LogP contribution < -0.4 is 10.1 Å². The van der Waals surface area contributed by atoms with E-state index in [0.29, 0.717) is 18.4 Å². The quantitative estimate of drug-likeness (QED) is 0.835. The van der Waals surface area contributed by atoms with Gasteiger partial charge in [-0.15, -0.1) is 0 Å². The smallest absolute Gasteiger partial charge is 0.257 e. The lowest BCUT2D eigenvalue weighted by atomic mass is 10.2. The van der Waals surface area contributed by atoms with Crippen LogP contribution in [0, 0.1) is 0 Å². The predicted octanol–water partition coefficient (Wildman–Crippen LogP) is 1.75. The molecule has 98 valence electrons. The Labute approximate surface area is 107 Å². The van der Waals surface area contributed by atoms with Crippen molar-refractivity contribution < 1.29 is 14.3 Å². The van der Waals surface area contributed by atoms with Crippen molar-refractivity contribution >= 4 is 5.91 Å². The van der Waals surface area contributed by atoms with E-state index in [1.54, 1.807) is 0 Å². The lowest BCUT2D eigenvalue weighted by molar-refractivity contribution is -0.123. The third kappa shape index (κ3) is 4.37. The summed E-state index contributed by atoms with van der Waals surface area (Å²) in [7, 11) is 0. The van der Waals surface area contributed by atoms with Gasteiger partial charge < -0.3 is 14.8 Å². The molecule has 0 radical (unpaired) electrons. The Hall–Kier alpha value is -1.55. The fourth-order valence-corrected chi connectivity index (χ4v) is 1.96. The highest BCUT2D eigenvalue weighted by Gasteiger charge is 2.15. The van der Waals surface area contributed by atoms with Crippen LogP contribution in [0.1, 0.15) is 19.3 Å². The van der Waals surface area contributed by atoms with Crippen molar-refractivity contribution in [2.45, 2.75) is 25.4 Å². The van der Waals surface area contributed by atoms with Crippen LogP contribution >= 0.6 is 0 Å². The van der Waals surface area contributed by atoms with Crippen LogP contribution in [-0.2, 0) is 9.53 Å². The first-order valence-corrected chi connectivity index (χ1v) is 6.41. The molecular weight excluding hydrogens is 230 g/mol. The number of carbonyl (C=O) groups is 1. The van der Waals surface area contributed by atoms with Gasteiger partial charge in [0.1, 0.15) is 5.75 Å². The molecule has 4 nitrogen and oxygen atoms in total. The molecule has 1 N–H and O–H groups in total. The maximum atomic E-state index is 11.5. The molecule has 0 bridgehead atoms. The van der Waals surface area contributed by atoms with Gasteiger partial charge in [0.25, 0.3) is 5.91 Å². The summed E-state index contributed by atoms with van der Waals surface area (Å²) in [5.74, 6) is 0.628. The first-order valence-electron chi connectivity index (χ1n) is 6.41. The van der Waals surface area contributed by atoms with Crippen LogP contribution in [-0.4, -0.2) is 31.8 Å². The molecule has 18 heavy (non-hydrogen) atoms. The molecule has 1 aliphatic heterocycles. The minimum Gasteiger partial charge on any atom is -0.484 e. The van der Waals surface area contributed by atoms with Gasteiger partial charge in [-0.2, -0.15) is 0 Å². The molecule has 0 aliphatic carbocycles. The largest absolute Gasteiger partial charge is 0.484 e. The van der Waals surface area contributed by atoms with Crippen molar-refractivity contribution in [1.82, 2.24) is 5.32 Å². The number of ether oxygens (including phenoxy) is 2. The van der Waals surface area contributed by atoms with Gasteiger partial charge in [0.15, 0.2) is 6.61 Å². The molecule has 0 aromatic heterocycles. The van der Waals surface area contributed by atoms with Gasteiger partial charge in [-0.1, -0.05) is 18.2 Å². The zero-order valence-electron chi connectivity index (χ0n) is 10.4. The highest BCUT2D eigenvalue weighted by atomic mass is 16.5. The molecule has 2 rings (SSSR count). The maximum absolute atomic E-state index is 11.5. The SMILES string of the molecule is O=C(COc1ccccc1)NCCC1CCCO1. The third-order valence-electron chi connectivity index (χ3n) is 2.93. The Morgan fingerprint density at radius 2 is 2.22 bits per heavy atom. The summed E-state index contributed by atoms with van der Waals surface area (Å²) in [4.78, 5) is 11.5. The molecular formula is C14H19NO3. The molecule has 1 heterocycles. The van der Waals surface area contributed by atoms with Crippen LogP contribution in [0.4, 0.5) is 0 Å². The molecule has 4 heteroatoms. The van der Waals surface area contributed by atoms with E-state index in [-0.39, 0.29) is 12.5 Å². The predicted molar refractivity (Wildman–Crippen MR) is 68.5 cm³/mol. The van der Waals surface area contributed by atoms with E-state index in [9.17, 15) is 4.79 Å². The van der Waals surface area contributed by atoms with Crippen LogP contribution in [0.2, 0.25) is 0 Å². The topological polar surface area (TPSA) is 47.6 Å². The first-order chi connectivity index (χ1) is 8.84. The summed E-state index contributed by atoms with van der Waals surface area (Å²) in [6.45, 7) is 1.58. The highest BCUT2D eigenvalue weighted by Crippen LogP contribution is 2.14. The van der Waals surface area contributed by atoms with Crippen molar-refractivity contribution in [3.8, 4) is 5.75 Å². The second-order valence-electron chi connectivity index (χ2n) is 4.38. The van der Waals surface area contributed by atoms with E-state index in [1.165, 1.54) is 0 Å². The molecule has 1 fully saturated rings. The Bertz CT molecular complexity index is 361. The Morgan fingerprint density at radius 1 is 1.39 bits per heavy atom. The fourth-order valence-electron chi connectivity index (χ4n) is 1.96. The highest BCUT2D eigenvalue weighted by molar-refractivity contribution is 5.77. The number of para-hydroxylation sites is 1. The molecule has 0 saturated carbocycles. The number of carbonyl (C=O) groups excluding carboxylic acids is 1. The molecule has 1 unspecified atom stereocenters. The molecule has 1 aromatic carbocycles. The van der Waals surface area contributed by atoms with Crippen LogP contribution in [0.25, 0.3) is 0 Å². The summed E-state index contributed by atoms with van der Waals surface area (Å²) in [5, 5.41) is 2.84. The zero-order valence-corrected chi connectivity index (χ0v) is 10.4. The van der Waals surface area contributed by atoms with Crippen LogP contribution in [0.15, 0.2) is 30.3 Å². The first kappa shape index (κ1) is 12.9. The van der Waals surface area contributed by atoms with Crippen molar-refractivity contribution in [3.05, 3.63) is 30.3 Å². The molecule has 0 spiro atoms. The summed E-state index contributed by atoms with van der Waals surface area (Å²) in [5.41, 5.74) is 0. The van der Waals surface area contributed by atoms with Crippen LogP contribution in [0.3, 0.4) is 0 Å². The van der Waals surface area contributed by atoms with E-state index < -0.39 is 0 Å². The average Bonchev–Trinajstić information content (AvgIpc) is 2.91. The van der Waals surface area contributed by atoms with Gasteiger partial charge in [-0.05, 0) is 31.4 Å². The Morgan fingerprint density at radius 3 is 2.94 bits per heavy atom. The molecule has 1 aliphatic rings. The molecule has 1 amide bonds. The minimum absolute atomic E-state index is 0.0650. The summed E-state index contributed by atoms with van der Waals surface area (Å²) in [6.07, 6.45) is 3.45.